The number of carboxylic acids is 1. The highest BCUT2D eigenvalue weighted by Gasteiger charge is 2.27. The molecule has 0 radical (unpaired) electrons. The smallest absolute Gasteiger partial charge is 0.313 e. The zero-order chi connectivity index (χ0) is 14.1. The van der Waals surface area contributed by atoms with Crippen LogP contribution in [-0.2, 0) is 18.3 Å². The second-order valence-electron chi connectivity index (χ2n) is 4.48. The number of hydrogen-bond donors (Lipinski definition) is 1. The summed E-state index contributed by atoms with van der Waals surface area (Å²) < 4.78 is 1.66. The Bertz CT molecular complexity index is 632. The highest BCUT2D eigenvalue weighted by molar-refractivity contribution is 8.00. The van der Waals surface area contributed by atoms with Gasteiger partial charge in [-0.1, -0.05) is 30.0 Å². The third kappa shape index (κ3) is 2.69. The van der Waals surface area contributed by atoms with E-state index in [4.69, 9.17) is 5.11 Å². The lowest BCUT2D eigenvalue weighted by Crippen LogP contribution is -2.00. The van der Waals surface area contributed by atoms with Crippen LogP contribution in [0.3, 0.4) is 0 Å². The molecule has 0 bridgehead atoms. The molecule has 0 fully saturated rings. The second kappa shape index (κ2) is 5.49. The highest BCUT2D eigenvalue weighted by Crippen LogP contribution is 2.45. The minimum Gasteiger partial charge on any atom is -0.481 e. The van der Waals surface area contributed by atoms with Crippen LogP contribution in [0.1, 0.15) is 16.6 Å². The summed E-state index contributed by atoms with van der Waals surface area (Å²) in [7, 11) is 1.80. The van der Waals surface area contributed by atoms with Crippen molar-refractivity contribution in [1.29, 1.82) is 0 Å². The van der Waals surface area contributed by atoms with Crippen LogP contribution in [0.25, 0.3) is 0 Å². The van der Waals surface area contributed by atoms with Crippen LogP contribution < -0.4 is 0 Å². The van der Waals surface area contributed by atoms with E-state index in [1.165, 1.54) is 22.2 Å². The summed E-state index contributed by atoms with van der Waals surface area (Å²) in [4.78, 5) is 16.4. The first-order chi connectivity index (χ1) is 9.63. The number of aliphatic carboxylic acids is 1. The van der Waals surface area contributed by atoms with Crippen molar-refractivity contribution in [2.45, 2.75) is 21.7 Å². The van der Waals surface area contributed by atoms with E-state index >= 15 is 0 Å². The molecular formula is C13H13N3O2S2. The molecule has 1 atom stereocenters. The van der Waals surface area contributed by atoms with Crippen LogP contribution in [0.2, 0.25) is 0 Å². The number of aromatic nitrogens is 3. The molecule has 2 aromatic rings. The number of carbonyl (C=O) groups is 1. The van der Waals surface area contributed by atoms with Crippen molar-refractivity contribution in [3.8, 4) is 0 Å². The van der Waals surface area contributed by atoms with Crippen LogP contribution in [0.4, 0.5) is 0 Å². The van der Waals surface area contributed by atoms with Gasteiger partial charge in [-0.25, -0.2) is 9.67 Å². The Balaban J connectivity index is 1.76. The maximum absolute atomic E-state index is 10.6. The summed E-state index contributed by atoms with van der Waals surface area (Å²) >= 11 is 2.97. The Kier molecular flexibility index (Phi) is 3.71. The van der Waals surface area contributed by atoms with Crippen molar-refractivity contribution < 1.29 is 9.90 Å². The zero-order valence-corrected chi connectivity index (χ0v) is 12.4. The number of hydrogen-bond acceptors (Lipinski definition) is 5. The van der Waals surface area contributed by atoms with Gasteiger partial charge in [-0.05, 0) is 18.1 Å². The number of carboxylic acid groups (broad SMARTS) is 1. The average Bonchev–Trinajstić information content (AvgIpc) is 2.99. The monoisotopic (exact) mass is 307 g/mol. The van der Waals surface area contributed by atoms with E-state index in [9.17, 15) is 4.79 Å². The van der Waals surface area contributed by atoms with Gasteiger partial charge in [0.25, 0.3) is 0 Å². The molecular weight excluding hydrogens is 294 g/mol. The van der Waals surface area contributed by atoms with E-state index in [0.29, 0.717) is 5.16 Å². The second-order valence-corrected chi connectivity index (χ2v) is 6.66. The van der Waals surface area contributed by atoms with Gasteiger partial charge in [-0.2, -0.15) is 5.10 Å². The Morgan fingerprint density at radius 2 is 2.35 bits per heavy atom. The molecule has 1 unspecified atom stereocenters. The topological polar surface area (TPSA) is 68.0 Å². The molecule has 20 heavy (non-hydrogen) atoms. The lowest BCUT2D eigenvalue weighted by Gasteiger charge is -2.01. The third-order valence-corrected chi connectivity index (χ3v) is 5.32. The van der Waals surface area contributed by atoms with E-state index < -0.39 is 5.97 Å². The number of thioether (sulfide) groups is 2. The first-order valence-corrected chi connectivity index (χ1v) is 8.00. The molecule has 104 valence electrons. The fourth-order valence-corrected chi connectivity index (χ4v) is 3.98. The predicted octanol–water partition coefficient (Wildman–Crippen LogP) is 2.38. The van der Waals surface area contributed by atoms with Gasteiger partial charge < -0.3 is 5.11 Å². The van der Waals surface area contributed by atoms with Crippen molar-refractivity contribution in [2.75, 3.05) is 5.75 Å². The molecule has 3 rings (SSSR count). The molecule has 1 aliphatic rings. The van der Waals surface area contributed by atoms with E-state index in [1.807, 2.05) is 12.1 Å². The van der Waals surface area contributed by atoms with E-state index in [1.54, 1.807) is 23.5 Å². The van der Waals surface area contributed by atoms with Gasteiger partial charge in [-0.15, -0.1) is 11.8 Å². The lowest BCUT2D eigenvalue weighted by atomic mass is 10.1. The van der Waals surface area contributed by atoms with E-state index in [2.05, 4.69) is 22.2 Å². The summed E-state index contributed by atoms with van der Waals surface area (Å²) in [6, 6.07) is 8.32. The number of fused-ring (bicyclic) bond motifs is 1. The number of nitrogens with zero attached hydrogens (tertiary/aromatic N) is 3. The van der Waals surface area contributed by atoms with E-state index in [0.717, 1.165) is 12.2 Å². The molecule has 1 N–H and O–H groups in total. The Morgan fingerprint density at radius 1 is 1.55 bits per heavy atom. The molecule has 7 heteroatoms. The van der Waals surface area contributed by atoms with Crippen LogP contribution >= 0.6 is 23.5 Å². The molecule has 0 aliphatic carbocycles. The quantitative estimate of drug-likeness (QED) is 0.875. The maximum Gasteiger partial charge on any atom is 0.313 e. The summed E-state index contributed by atoms with van der Waals surface area (Å²) in [5, 5.41) is 14.0. The summed E-state index contributed by atoms with van der Waals surface area (Å²) in [5.41, 5.74) is 1.33. The predicted molar refractivity (Wildman–Crippen MR) is 78.1 cm³/mol. The number of aryl methyl sites for hydroxylation is 1. The van der Waals surface area contributed by atoms with Gasteiger partial charge in [0.2, 0.25) is 0 Å². The lowest BCUT2D eigenvalue weighted by molar-refractivity contribution is -0.133. The Labute approximate surface area is 124 Å². The maximum atomic E-state index is 10.6. The largest absolute Gasteiger partial charge is 0.481 e. The molecule has 0 spiro atoms. The normalized spacial score (nSPS) is 17.1. The molecule has 5 nitrogen and oxygen atoms in total. The van der Waals surface area contributed by atoms with Gasteiger partial charge >= 0.3 is 5.97 Å². The van der Waals surface area contributed by atoms with Gasteiger partial charge in [0.1, 0.15) is 0 Å². The van der Waals surface area contributed by atoms with E-state index in [-0.39, 0.29) is 11.0 Å². The van der Waals surface area contributed by atoms with Crippen molar-refractivity contribution in [2.24, 2.45) is 7.05 Å². The summed E-state index contributed by atoms with van der Waals surface area (Å²) in [6.45, 7) is 0. The first-order valence-electron chi connectivity index (χ1n) is 6.13. The van der Waals surface area contributed by atoms with Crippen molar-refractivity contribution in [3.05, 3.63) is 35.7 Å². The van der Waals surface area contributed by atoms with Gasteiger partial charge in [-0.3, -0.25) is 4.79 Å². The molecule has 0 saturated heterocycles. The van der Waals surface area contributed by atoms with Gasteiger partial charge in [0.15, 0.2) is 11.0 Å². The summed E-state index contributed by atoms with van der Waals surface area (Å²) in [5.74, 6) is -0.0620. The SMILES string of the molecule is Cn1nc(C2Cc3ccccc3S2)nc1SCC(=O)O. The molecule has 0 saturated carbocycles. The first kappa shape index (κ1) is 13.5. The van der Waals surface area contributed by atoms with Crippen LogP contribution in [-0.4, -0.2) is 31.6 Å². The molecule has 2 heterocycles. The molecule has 1 aromatic carbocycles. The van der Waals surface area contributed by atoms with Crippen molar-refractivity contribution in [1.82, 2.24) is 14.8 Å². The number of benzene rings is 1. The number of rotatable bonds is 4. The van der Waals surface area contributed by atoms with Crippen LogP contribution in [0.15, 0.2) is 34.3 Å². The summed E-state index contributed by atoms with van der Waals surface area (Å²) in [6.07, 6.45) is 0.924. The minimum absolute atomic E-state index is 0.00398. The molecule has 1 aromatic heterocycles. The molecule has 0 amide bonds. The minimum atomic E-state index is -0.845. The molecule has 1 aliphatic heterocycles. The fraction of sp³-hybridized carbons (Fsp3) is 0.308. The standard InChI is InChI=1S/C13H13N3O2S2/c1-16-13(19-7-11(17)18)14-12(15-16)10-6-8-4-2-3-5-9(8)20-10/h2-5,10H,6-7H2,1H3,(H,17,18). The zero-order valence-electron chi connectivity index (χ0n) is 10.8. The van der Waals surface area contributed by atoms with Gasteiger partial charge in [0.05, 0.1) is 11.0 Å². The third-order valence-electron chi connectivity index (χ3n) is 3.00. The Hall–Kier alpha value is -1.47. The van der Waals surface area contributed by atoms with Crippen LogP contribution in [0, 0.1) is 0 Å². The van der Waals surface area contributed by atoms with Crippen molar-refractivity contribution in [3.63, 3.8) is 0 Å². The van der Waals surface area contributed by atoms with Crippen LogP contribution in [0.5, 0.6) is 0 Å². The average molecular weight is 307 g/mol. The van der Waals surface area contributed by atoms with Gasteiger partial charge in [0, 0.05) is 11.9 Å². The van der Waals surface area contributed by atoms with Crippen molar-refractivity contribution >= 4 is 29.5 Å². The fourth-order valence-electron chi connectivity index (χ4n) is 2.10. The highest BCUT2D eigenvalue weighted by atomic mass is 32.2. The Morgan fingerprint density at radius 3 is 3.10 bits per heavy atom.